The highest BCUT2D eigenvalue weighted by molar-refractivity contribution is 7.16. The lowest BCUT2D eigenvalue weighted by atomic mass is 9.95. The van der Waals surface area contributed by atoms with E-state index in [1.54, 1.807) is 18.4 Å². The fourth-order valence-corrected chi connectivity index (χ4v) is 4.16. The van der Waals surface area contributed by atoms with Crippen LogP contribution in [-0.4, -0.2) is 17.3 Å². The van der Waals surface area contributed by atoms with Crippen molar-refractivity contribution in [2.45, 2.75) is 25.7 Å². The van der Waals surface area contributed by atoms with E-state index >= 15 is 0 Å². The third kappa shape index (κ3) is 2.49. The van der Waals surface area contributed by atoms with Gasteiger partial charge in [0.05, 0.1) is 17.7 Å². The van der Waals surface area contributed by atoms with E-state index in [1.807, 2.05) is 24.3 Å². The molecule has 0 saturated carbocycles. The monoisotopic (exact) mass is 327 g/mol. The van der Waals surface area contributed by atoms with E-state index in [4.69, 9.17) is 15.0 Å². The van der Waals surface area contributed by atoms with E-state index in [2.05, 4.69) is 10.1 Å². The van der Waals surface area contributed by atoms with Crippen molar-refractivity contribution in [2.75, 3.05) is 12.8 Å². The van der Waals surface area contributed by atoms with Crippen LogP contribution in [-0.2, 0) is 12.8 Å². The number of aryl methyl sites for hydroxylation is 1. The van der Waals surface area contributed by atoms with Crippen LogP contribution in [0.3, 0.4) is 0 Å². The Morgan fingerprint density at radius 2 is 1.96 bits per heavy atom. The van der Waals surface area contributed by atoms with Crippen LogP contribution in [0.1, 0.15) is 23.3 Å². The molecule has 6 heteroatoms. The summed E-state index contributed by atoms with van der Waals surface area (Å²) >= 11 is 1.66. The minimum Gasteiger partial charge on any atom is -0.497 e. The van der Waals surface area contributed by atoms with Crippen LogP contribution in [0.15, 0.2) is 28.8 Å². The van der Waals surface area contributed by atoms with Gasteiger partial charge in [0.1, 0.15) is 5.75 Å². The second-order valence-electron chi connectivity index (χ2n) is 5.60. The molecule has 2 heterocycles. The number of nitrogens with two attached hydrogens (primary N) is 1. The molecule has 0 saturated heterocycles. The first-order valence-corrected chi connectivity index (χ1v) is 8.46. The predicted molar refractivity (Wildman–Crippen MR) is 90.7 cm³/mol. The van der Waals surface area contributed by atoms with Gasteiger partial charge in [-0.15, -0.1) is 11.3 Å². The number of fused-ring (bicyclic) bond motifs is 1. The number of nitrogens with zero attached hydrogens (tertiary/aromatic N) is 2. The highest BCUT2D eigenvalue weighted by Gasteiger charge is 2.24. The molecule has 0 amide bonds. The van der Waals surface area contributed by atoms with Crippen LogP contribution in [0.5, 0.6) is 5.75 Å². The number of hydrogen-bond acceptors (Lipinski definition) is 6. The normalized spacial score (nSPS) is 13.8. The Morgan fingerprint density at radius 1 is 1.17 bits per heavy atom. The van der Waals surface area contributed by atoms with Crippen molar-refractivity contribution < 1.29 is 9.26 Å². The highest BCUT2D eigenvalue weighted by atomic mass is 32.1. The van der Waals surface area contributed by atoms with Gasteiger partial charge < -0.3 is 15.0 Å². The summed E-state index contributed by atoms with van der Waals surface area (Å²) in [5.41, 5.74) is 9.34. The molecule has 3 aromatic rings. The quantitative estimate of drug-likeness (QED) is 0.789. The Hall–Kier alpha value is -2.34. The zero-order valence-corrected chi connectivity index (χ0v) is 13.7. The van der Waals surface area contributed by atoms with Crippen LogP contribution in [0, 0.1) is 0 Å². The van der Waals surface area contributed by atoms with Gasteiger partial charge in [0.25, 0.3) is 5.89 Å². The SMILES string of the molecule is COc1ccc(-c2noc(-c3c(N)sc4c3CCCC4)n2)cc1. The van der Waals surface area contributed by atoms with Gasteiger partial charge in [0, 0.05) is 10.4 Å². The van der Waals surface area contributed by atoms with Crippen LogP contribution in [0.2, 0.25) is 0 Å². The molecule has 0 aliphatic heterocycles. The molecule has 23 heavy (non-hydrogen) atoms. The molecule has 118 valence electrons. The van der Waals surface area contributed by atoms with Crippen molar-refractivity contribution >= 4 is 16.3 Å². The fourth-order valence-electron chi connectivity index (χ4n) is 3.00. The Bertz CT molecular complexity index is 836. The summed E-state index contributed by atoms with van der Waals surface area (Å²) in [5.74, 6) is 1.89. The van der Waals surface area contributed by atoms with Gasteiger partial charge in [0.15, 0.2) is 0 Å². The number of hydrogen-bond donors (Lipinski definition) is 1. The van der Waals surface area contributed by atoms with Crippen molar-refractivity contribution in [3.63, 3.8) is 0 Å². The molecule has 5 nitrogen and oxygen atoms in total. The van der Waals surface area contributed by atoms with E-state index < -0.39 is 0 Å². The third-order valence-electron chi connectivity index (χ3n) is 4.19. The second-order valence-corrected chi connectivity index (χ2v) is 6.74. The van der Waals surface area contributed by atoms with E-state index in [0.717, 1.165) is 34.7 Å². The lowest BCUT2D eigenvalue weighted by molar-refractivity contribution is 0.415. The van der Waals surface area contributed by atoms with Gasteiger partial charge in [0.2, 0.25) is 5.82 Å². The van der Waals surface area contributed by atoms with Gasteiger partial charge in [-0.25, -0.2) is 0 Å². The minimum atomic E-state index is 0.521. The van der Waals surface area contributed by atoms with E-state index in [0.29, 0.717) is 11.7 Å². The average Bonchev–Trinajstić information content (AvgIpc) is 3.18. The summed E-state index contributed by atoms with van der Waals surface area (Å²) in [6, 6.07) is 7.60. The van der Waals surface area contributed by atoms with Gasteiger partial charge >= 0.3 is 0 Å². The van der Waals surface area contributed by atoms with Gasteiger partial charge in [-0.1, -0.05) is 5.16 Å². The van der Waals surface area contributed by atoms with E-state index in [-0.39, 0.29) is 0 Å². The number of anilines is 1. The predicted octanol–water partition coefficient (Wildman–Crippen LogP) is 3.93. The van der Waals surface area contributed by atoms with Crippen LogP contribution in [0.4, 0.5) is 5.00 Å². The Morgan fingerprint density at radius 3 is 2.74 bits per heavy atom. The fraction of sp³-hybridized carbons (Fsp3) is 0.294. The molecular formula is C17H17N3O2S. The number of thiophene rings is 1. The molecule has 2 aromatic heterocycles. The second kappa shape index (κ2) is 5.70. The first kappa shape index (κ1) is 14.3. The van der Waals surface area contributed by atoms with Crippen molar-refractivity contribution in [2.24, 2.45) is 0 Å². The molecule has 0 atom stereocenters. The molecule has 0 radical (unpaired) electrons. The standard InChI is InChI=1S/C17H17N3O2S/c1-21-11-8-6-10(7-9-11)16-19-17(22-20-16)14-12-4-2-3-5-13(12)23-15(14)18/h6-9H,2-5,18H2,1H3. The summed E-state index contributed by atoms with van der Waals surface area (Å²) in [4.78, 5) is 5.92. The molecule has 2 N–H and O–H groups in total. The number of rotatable bonds is 3. The summed E-state index contributed by atoms with van der Waals surface area (Å²) in [5, 5.41) is 4.89. The Kier molecular flexibility index (Phi) is 3.53. The number of benzene rings is 1. The minimum absolute atomic E-state index is 0.521. The molecule has 1 aliphatic rings. The summed E-state index contributed by atoms with van der Waals surface area (Å²) < 4.78 is 10.7. The first-order valence-electron chi connectivity index (χ1n) is 7.65. The molecule has 1 aromatic carbocycles. The van der Waals surface area contributed by atoms with Crippen molar-refractivity contribution in [3.05, 3.63) is 34.7 Å². The van der Waals surface area contributed by atoms with E-state index in [9.17, 15) is 0 Å². The maximum absolute atomic E-state index is 6.21. The molecule has 4 rings (SSSR count). The molecule has 1 aliphatic carbocycles. The zero-order valence-electron chi connectivity index (χ0n) is 12.8. The highest BCUT2D eigenvalue weighted by Crippen LogP contribution is 2.42. The zero-order chi connectivity index (χ0) is 15.8. The summed E-state index contributed by atoms with van der Waals surface area (Å²) in [6.45, 7) is 0. The third-order valence-corrected chi connectivity index (χ3v) is 5.31. The number of ether oxygens (including phenoxy) is 1. The van der Waals surface area contributed by atoms with Crippen LogP contribution >= 0.6 is 11.3 Å². The first-order chi connectivity index (χ1) is 11.3. The Labute approximate surface area is 138 Å². The maximum Gasteiger partial charge on any atom is 0.261 e. The van der Waals surface area contributed by atoms with Crippen molar-refractivity contribution in [1.29, 1.82) is 0 Å². The van der Waals surface area contributed by atoms with E-state index in [1.165, 1.54) is 23.3 Å². The van der Waals surface area contributed by atoms with Crippen LogP contribution in [0.25, 0.3) is 22.8 Å². The number of nitrogen functional groups attached to an aromatic ring is 1. The lowest BCUT2D eigenvalue weighted by Crippen LogP contribution is -1.99. The maximum atomic E-state index is 6.21. The molecule has 0 fully saturated rings. The molecule has 0 bridgehead atoms. The average molecular weight is 327 g/mol. The van der Waals surface area contributed by atoms with Gasteiger partial charge in [-0.3, -0.25) is 0 Å². The molecular weight excluding hydrogens is 310 g/mol. The van der Waals surface area contributed by atoms with Gasteiger partial charge in [-0.05, 0) is 55.5 Å². The van der Waals surface area contributed by atoms with Crippen molar-refractivity contribution in [3.8, 4) is 28.6 Å². The molecule has 0 spiro atoms. The largest absolute Gasteiger partial charge is 0.497 e. The van der Waals surface area contributed by atoms with Crippen molar-refractivity contribution in [1.82, 2.24) is 10.1 Å². The number of aromatic nitrogens is 2. The Balaban J connectivity index is 1.72. The molecule has 0 unspecified atom stereocenters. The number of methoxy groups -OCH3 is 1. The van der Waals surface area contributed by atoms with Crippen LogP contribution < -0.4 is 10.5 Å². The lowest BCUT2D eigenvalue weighted by Gasteiger charge is -2.10. The summed E-state index contributed by atoms with van der Waals surface area (Å²) in [7, 11) is 1.64. The smallest absolute Gasteiger partial charge is 0.261 e. The summed E-state index contributed by atoms with van der Waals surface area (Å²) in [6.07, 6.45) is 4.56. The topological polar surface area (TPSA) is 74.2 Å². The van der Waals surface area contributed by atoms with Gasteiger partial charge in [-0.2, -0.15) is 4.98 Å².